The molecule has 2 rings (SSSR count). The van der Waals surface area contributed by atoms with Crippen molar-refractivity contribution in [3.05, 3.63) is 35.4 Å². The van der Waals surface area contributed by atoms with Crippen LogP contribution in [0.1, 0.15) is 69.4 Å². The van der Waals surface area contributed by atoms with Crippen LogP contribution in [-0.4, -0.2) is 12.6 Å². The van der Waals surface area contributed by atoms with Crippen molar-refractivity contribution >= 4 is 0 Å². The molecule has 0 unspecified atom stereocenters. The van der Waals surface area contributed by atoms with Gasteiger partial charge in [-0.2, -0.15) is 0 Å². The molecule has 1 aromatic rings. The Balaban J connectivity index is 1.77. The molecule has 0 heterocycles. The smallest absolute Gasteiger partial charge is 0.00103 e. The fourth-order valence-electron chi connectivity index (χ4n) is 3.08. The van der Waals surface area contributed by atoms with Crippen molar-refractivity contribution in [1.82, 2.24) is 5.32 Å². The molecule has 0 spiro atoms. The van der Waals surface area contributed by atoms with Crippen LogP contribution < -0.4 is 5.32 Å². The summed E-state index contributed by atoms with van der Waals surface area (Å²) in [5, 5.41) is 3.48. The second-order valence-electron chi connectivity index (χ2n) is 6.29. The first-order valence-electron chi connectivity index (χ1n) is 8.08. The zero-order valence-corrected chi connectivity index (χ0v) is 12.6. The summed E-state index contributed by atoms with van der Waals surface area (Å²) >= 11 is 0. The Morgan fingerprint density at radius 2 is 1.74 bits per heavy atom. The summed E-state index contributed by atoms with van der Waals surface area (Å²) in [6.07, 6.45) is 9.53. The lowest BCUT2D eigenvalue weighted by Crippen LogP contribution is -2.23. The fourth-order valence-corrected chi connectivity index (χ4v) is 3.08. The molecule has 19 heavy (non-hydrogen) atoms. The van der Waals surface area contributed by atoms with E-state index >= 15 is 0 Å². The Kier molecular flexibility index (Phi) is 5.91. The Bertz CT molecular complexity index is 346. The minimum absolute atomic E-state index is 0.605. The van der Waals surface area contributed by atoms with Crippen molar-refractivity contribution in [2.24, 2.45) is 0 Å². The van der Waals surface area contributed by atoms with Gasteiger partial charge in [0.1, 0.15) is 0 Å². The maximum absolute atomic E-state index is 3.48. The lowest BCUT2D eigenvalue weighted by atomic mass is 9.84. The zero-order chi connectivity index (χ0) is 13.5. The van der Waals surface area contributed by atoms with E-state index < -0.39 is 0 Å². The molecular weight excluding hydrogens is 230 g/mol. The van der Waals surface area contributed by atoms with Crippen molar-refractivity contribution in [1.29, 1.82) is 0 Å². The van der Waals surface area contributed by atoms with Gasteiger partial charge < -0.3 is 5.32 Å². The Labute approximate surface area is 118 Å². The molecule has 1 nitrogen and oxygen atoms in total. The molecule has 0 radical (unpaired) electrons. The normalized spacial score (nSPS) is 17.0. The van der Waals surface area contributed by atoms with E-state index in [1.807, 2.05) is 0 Å². The molecule has 0 atom stereocenters. The molecule has 1 aliphatic carbocycles. The molecular formula is C18H29N. The summed E-state index contributed by atoms with van der Waals surface area (Å²) in [7, 11) is 0. The highest BCUT2D eigenvalue weighted by atomic mass is 14.9. The third kappa shape index (κ3) is 4.99. The Hall–Kier alpha value is -0.820. The lowest BCUT2D eigenvalue weighted by molar-refractivity contribution is 0.443. The molecule has 1 aromatic carbocycles. The van der Waals surface area contributed by atoms with Crippen LogP contribution in [0, 0.1) is 0 Å². The van der Waals surface area contributed by atoms with Gasteiger partial charge in [-0.05, 0) is 49.3 Å². The maximum atomic E-state index is 3.48. The summed E-state index contributed by atoms with van der Waals surface area (Å²) < 4.78 is 0. The van der Waals surface area contributed by atoms with Crippen LogP contribution in [0.2, 0.25) is 0 Å². The quantitative estimate of drug-likeness (QED) is 0.732. The van der Waals surface area contributed by atoms with E-state index in [1.165, 1.54) is 50.5 Å². The highest BCUT2D eigenvalue weighted by Crippen LogP contribution is 2.32. The van der Waals surface area contributed by atoms with Gasteiger partial charge >= 0.3 is 0 Å². The topological polar surface area (TPSA) is 12.0 Å². The summed E-state index contributed by atoms with van der Waals surface area (Å²) in [6.45, 7) is 5.54. The van der Waals surface area contributed by atoms with Crippen LogP contribution in [-0.2, 0) is 6.42 Å². The second kappa shape index (κ2) is 7.69. The summed E-state index contributed by atoms with van der Waals surface area (Å²) in [5.74, 6) is 0.838. The van der Waals surface area contributed by atoms with Gasteiger partial charge in [-0.25, -0.2) is 0 Å². The van der Waals surface area contributed by atoms with E-state index in [9.17, 15) is 0 Å². The van der Waals surface area contributed by atoms with Crippen molar-refractivity contribution in [3.63, 3.8) is 0 Å². The third-order valence-electron chi connectivity index (χ3n) is 4.25. The predicted molar refractivity (Wildman–Crippen MR) is 83.7 cm³/mol. The van der Waals surface area contributed by atoms with Crippen molar-refractivity contribution < 1.29 is 0 Å². The predicted octanol–water partition coefficient (Wildman–Crippen LogP) is 4.66. The van der Waals surface area contributed by atoms with Gasteiger partial charge in [0.25, 0.3) is 0 Å². The Morgan fingerprint density at radius 3 is 2.37 bits per heavy atom. The maximum Gasteiger partial charge on any atom is 0.00103 e. The van der Waals surface area contributed by atoms with E-state index in [0.29, 0.717) is 6.04 Å². The molecule has 0 saturated heterocycles. The van der Waals surface area contributed by atoms with Crippen LogP contribution in [0.3, 0.4) is 0 Å². The molecule has 0 aliphatic heterocycles. The van der Waals surface area contributed by atoms with E-state index in [4.69, 9.17) is 0 Å². The SMILES string of the molecule is CC(C)NCCCc1ccc(C2CCCCC2)cc1. The van der Waals surface area contributed by atoms with Crippen molar-refractivity contribution in [3.8, 4) is 0 Å². The Morgan fingerprint density at radius 1 is 1.05 bits per heavy atom. The second-order valence-corrected chi connectivity index (χ2v) is 6.29. The highest BCUT2D eigenvalue weighted by molar-refractivity contribution is 5.25. The summed E-state index contributed by atoms with van der Waals surface area (Å²) in [6, 6.07) is 10.1. The van der Waals surface area contributed by atoms with Crippen LogP contribution in [0.4, 0.5) is 0 Å². The molecule has 1 saturated carbocycles. The van der Waals surface area contributed by atoms with Gasteiger partial charge in [0.05, 0.1) is 0 Å². The van der Waals surface area contributed by atoms with Crippen molar-refractivity contribution in [2.75, 3.05) is 6.54 Å². The van der Waals surface area contributed by atoms with Crippen LogP contribution in [0.5, 0.6) is 0 Å². The number of benzene rings is 1. The zero-order valence-electron chi connectivity index (χ0n) is 12.6. The molecule has 106 valence electrons. The standard InChI is InChI=1S/C18H29N/c1-15(2)19-14-6-7-16-10-12-18(13-11-16)17-8-4-3-5-9-17/h10-13,15,17,19H,3-9,14H2,1-2H3. The number of aryl methyl sites for hydroxylation is 1. The van der Waals surface area contributed by atoms with Gasteiger partial charge in [0.2, 0.25) is 0 Å². The molecule has 1 heteroatoms. The van der Waals surface area contributed by atoms with Crippen LogP contribution in [0.25, 0.3) is 0 Å². The van der Waals surface area contributed by atoms with Crippen LogP contribution in [0.15, 0.2) is 24.3 Å². The average molecular weight is 259 g/mol. The fraction of sp³-hybridized carbons (Fsp3) is 0.667. The number of rotatable bonds is 6. The van der Waals surface area contributed by atoms with Gasteiger partial charge in [0.15, 0.2) is 0 Å². The van der Waals surface area contributed by atoms with Gasteiger partial charge in [-0.1, -0.05) is 57.4 Å². The van der Waals surface area contributed by atoms with Gasteiger partial charge in [0, 0.05) is 6.04 Å². The van der Waals surface area contributed by atoms with Crippen LogP contribution >= 0.6 is 0 Å². The molecule has 0 amide bonds. The number of hydrogen-bond donors (Lipinski definition) is 1. The number of hydrogen-bond acceptors (Lipinski definition) is 1. The van der Waals surface area contributed by atoms with E-state index in [0.717, 1.165) is 12.5 Å². The van der Waals surface area contributed by atoms with Gasteiger partial charge in [-0.15, -0.1) is 0 Å². The van der Waals surface area contributed by atoms with E-state index in [-0.39, 0.29) is 0 Å². The first kappa shape index (κ1) is 14.6. The minimum atomic E-state index is 0.605. The van der Waals surface area contributed by atoms with Gasteiger partial charge in [-0.3, -0.25) is 0 Å². The molecule has 1 N–H and O–H groups in total. The third-order valence-corrected chi connectivity index (χ3v) is 4.25. The number of nitrogens with one attached hydrogen (secondary N) is 1. The largest absolute Gasteiger partial charge is 0.315 e. The molecule has 1 aliphatic rings. The first-order valence-corrected chi connectivity index (χ1v) is 8.08. The molecule has 0 bridgehead atoms. The van der Waals surface area contributed by atoms with E-state index in [2.05, 4.69) is 43.4 Å². The van der Waals surface area contributed by atoms with Crippen molar-refractivity contribution in [2.45, 2.75) is 70.8 Å². The summed E-state index contributed by atoms with van der Waals surface area (Å²) in [4.78, 5) is 0. The molecule has 1 fully saturated rings. The first-order chi connectivity index (χ1) is 9.25. The lowest BCUT2D eigenvalue weighted by Gasteiger charge is -2.22. The summed E-state index contributed by atoms with van der Waals surface area (Å²) in [5.41, 5.74) is 3.06. The molecule has 0 aromatic heterocycles. The average Bonchev–Trinajstić information content (AvgIpc) is 2.45. The minimum Gasteiger partial charge on any atom is -0.315 e. The highest BCUT2D eigenvalue weighted by Gasteiger charge is 2.14. The van der Waals surface area contributed by atoms with E-state index in [1.54, 1.807) is 5.56 Å². The monoisotopic (exact) mass is 259 g/mol.